The first-order chi connectivity index (χ1) is 14.7. The molecule has 1 aromatic heterocycles. The number of carbonyl (C=O) groups excluding carboxylic acids is 1. The van der Waals surface area contributed by atoms with Gasteiger partial charge in [0.05, 0.1) is 13.0 Å². The highest BCUT2D eigenvalue weighted by atomic mass is 32.1. The van der Waals surface area contributed by atoms with Crippen molar-refractivity contribution in [3.63, 3.8) is 0 Å². The lowest BCUT2D eigenvalue weighted by Crippen LogP contribution is -2.52. The van der Waals surface area contributed by atoms with Gasteiger partial charge in [-0.15, -0.1) is 0 Å². The van der Waals surface area contributed by atoms with Gasteiger partial charge in [0, 0.05) is 57.2 Å². The average Bonchev–Trinajstić information content (AvgIpc) is 3.27. The highest BCUT2D eigenvalue weighted by Crippen LogP contribution is 2.27. The number of likely N-dealkylation sites (N-methyl/N-ethyl adjacent to an activating group) is 1. The Morgan fingerprint density at radius 3 is 2.83 bits per heavy atom. The molecule has 2 aliphatic rings. The summed E-state index contributed by atoms with van der Waals surface area (Å²) in [6, 6.07) is 8.02. The highest BCUT2D eigenvalue weighted by molar-refractivity contribution is 7.09. The number of aromatic nitrogens is 2. The van der Waals surface area contributed by atoms with E-state index in [1.807, 2.05) is 18.2 Å². The van der Waals surface area contributed by atoms with Gasteiger partial charge in [-0.3, -0.25) is 4.79 Å². The van der Waals surface area contributed by atoms with Crippen LogP contribution >= 0.6 is 11.5 Å². The maximum atomic E-state index is 13.1. The molecule has 0 radical (unpaired) electrons. The first-order valence-electron chi connectivity index (χ1n) is 10.9. The first-order valence-corrected chi connectivity index (χ1v) is 11.6. The van der Waals surface area contributed by atoms with Crippen molar-refractivity contribution in [3.8, 4) is 5.75 Å². The van der Waals surface area contributed by atoms with Gasteiger partial charge in [0.25, 0.3) is 0 Å². The maximum Gasteiger partial charge on any atom is 0.227 e. The van der Waals surface area contributed by atoms with Gasteiger partial charge < -0.3 is 19.4 Å². The fourth-order valence-electron chi connectivity index (χ4n) is 4.31. The summed E-state index contributed by atoms with van der Waals surface area (Å²) in [5.41, 5.74) is 1.14. The molecule has 2 aliphatic heterocycles. The molecule has 2 saturated heterocycles. The number of anilines is 1. The largest absolute Gasteiger partial charge is 0.497 e. The van der Waals surface area contributed by atoms with Crippen LogP contribution < -0.4 is 9.64 Å². The van der Waals surface area contributed by atoms with Crippen molar-refractivity contribution in [1.29, 1.82) is 0 Å². The fourth-order valence-corrected chi connectivity index (χ4v) is 5.03. The Balaban J connectivity index is 1.36. The molecular weight excluding hydrogens is 398 g/mol. The quantitative estimate of drug-likeness (QED) is 0.703. The van der Waals surface area contributed by atoms with Gasteiger partial charge in [-0.1, -0.05) is 19.1 Å². The van der Waals surface area contributed by atoms with Gasteiger partial charge in [-0.2, -0.15) is 4.37 Å². The SMILES string of the molecule is CCN1CCN(C(=O)[C@H]2CCCN(c3nc(Cc4cccc(OC)c4)ns3)C2)CC1. The van der Waals surface area contributed by atoms with Gasteiger partial charge in [-0.05, 0) is 37.1 Å². The Morgan fingerprint density at radius 2 is 2.07 bits per heavy atom. The normalized spacial score (nSPS) is 20.4. The van der Waals surface area contributed by atoms with E-state index in [0.29, 0.717) is 12.3 Å². The molecule has 0 aliphatic carbocycles. The van der Waals surface area contributed by atoms with E-state index in [1.54, 1.807) is 7.11 Å². The third kappa shape index (κ3) is 4.92. The Kier molecular flexibility index (Phi) is 6.84. The lowest BCUT2D eigenvalue weighted by molar-refractivity contribution is -0.137. The second kappa shape index (κ2) is 9.75. The number of nitrogens with zero attached hydrogens (tertiary/aromatic N) is 5. The van der Waals surface area contributed by atoms with Crippen LogP contribution in [0.4, 0.5) is 5.13 Å². The molecule has 1 aromatic carbocycles. The number of hydrogen-bond acceptors (Lipinski definition) is 7. The first kappa shape index (κ1) is 21.1. The molecule has 3 heterocycles. The molecule has 8 heteroatoms. The molecule has 162 valence electrons. The van der Waals surface area contributed by atoms with E-state index < -0.39 is 0 Å². The number of rotatable bonds is 6. The summed E-state index contributed by atoms with van der Waals surface area (Å²) in [6.45, 7) is 8.63. The summed E-state index contributed by atoms with van der Waals surface area (Å²) in [5, 5.41) is 0.932. The lowest BCUT2D eigenvalue weighted by atomic mass is 9.96. The van der Waals surface area contributed by atoms with Crippen LogP contribution in [-0.2, 0) is 11.2 Å². The Bertz CT molecular complexity index is 850. The number of methoxy groups -OCH3 is 1. The Labute approximate surface area is 182 Å². The summed E-state index contributed by atoms with van der Waals surface area (Å²) in [6.07, 6.45) is 2.68. The molecule has 0 saturated carbocycles. The van der Waals surface area contributed by atoms with Crippen molar-refractivity contribution in [2.75, 3.05) is 57.8 Å². The van der Waals surface area contributed by atoms with Crippen molar-refractivity contribution in [2.45, 2.75) is 26.2 Å². The van der Waals surface area contributed by atoms with E-state index in [0.717, 1.165) is 80.9 Å². The lowest BCUT2D eigenvalue weighted by Gasteiger charge is -2.38. The van der Waals surface area contributed by atoms with Crippen LogP contribution in [0.5, 0.6) is 5.75 Å². The molecule has 1 atom stereocenters. The van der Waals surface area contributed by atoms with Gasteiger partial charge in [0.2, 0.25) is 11.0 Å². The monoisotopic (exact) mass is 429 g/mol. The predicted octanol–water partition coefficient (Wildman–Crippen LogP) is 2.52. The van der Waals surface area contributed by atoms with Gasteiger partial charge in [-0.25, -0.2) is 4.98 Å². The molecular formula is C22H31N5O2S. The number of hydrogen-bond donors (Lipinski definition) is 0. The van der Waals surface area contributed by atoms with Crippen LogP contribution in [-0.4, -0.2) is 78.0 Å². The molecule has 30 heavy (non-hydrogen) atoms. The minimum Gasteiger partial charge on any atom is -0.497 e. The van der Waals surface area contributed by atoms with E-state index in [-0.39, 0.29) is 5.92 Å². The number of ether oxygens (including phenoxy) is 1. The van der Waals surface area contributed by atoms with Crippen LogP contribution in [0, 0.1) is 5.92 Å². The van der Waals surface area contributed by atoms with Crippen molar-refractivity contribution in [1.82, 2.24) is 19.2 Å². The maximum absolute atomic E-state index is 13.1. The standard InChI is InChI=1S/C22H31N5O2S/c1-3-25-10-12-26(13-11-25)21(28)18-7-5-9-27(16-18)22-23-20(24-30-22)15-17-6-4-8-19(14-17)29-2/h4,6,8,14,18H,3,5,7,9-13,15-16H2,1-2H3/t18-/m0/s1. The van der Waals surface area contributed by atoms with E-state index in [1.165, 1.54) is 11.5 Å². The second-order valence-electron chi connectivity index (χ2n) is 8.07. The molecule has 7 nitrogen and oxygen atoms in total. The van der Waals surface area contributed by atoms with Crippen molar-refractivity contribution in [3.05, 3.63) is 35.7 Å². The van der Waals surface area contributed by atoms with Gasteiger partial charge in [0.1, 0.15) is 11.6 Å². The van der Waals surface area contributed by atoms with Gasteiger partial charge >= 0.3 is 0 Å². The third-order valence-electron chi connectivity index (χ3n) is 6.13. The number of carbonyl (C=O) groups is 1. The smallest absolute Gasteiger partial charge is 0.227 e. The Hall–Kier alpha value is -2.19. The summed E-state index contributed by atoms with van der Waals surface area (Å²) in [5.74, 6) is 2.06. The molecule has 0 N–H and O–H groups in total. The molecule has 4 rings (SSSR count). The minimum absolute atomic E-state index is 0.0673. The highest BCUT2D eigenvalue weighted by Gasteiger charge is 2.31. The second-order valence-corrected chi connectivity index (χ2v) is 8.80. The molecule has 0 spiro atoms. The third-order valence-corrected chi connectivity index (χ3v) is 6.94. The van der Waals surface area contributed by atoms with Crippen LogP contribution in [0.3, 0.4) is 0 Å². The van der Waals surface area contributed by atoms with E-state index in [9.17, 15) is 4.79 Å². The zero-order valence-corrected chi connectivity index (χ0v) is 18.7. The van der Waals surface area contributed by atoms with E-state index >= 15 is 0 Å². The van der Waals surface area contributed by atoms with Gasteiger partial charge in [0.15, 0.2) is 0 Å². The van der Waals surface area contributed by atoms with Crippen LogP contribution in [0.2, 0.25) is 0 Å². The zero-order chi connectivity index (χ0) is 20.9. The number of piperazine rings is 1. The number of benzene rings is 1. The zero-order valence-electron chi connectivity index (χ0n) is 17.9. The molecule has 2 fully saturated rings. The minimum atomic E-state index is 0.0673. The predicted molar refractivity (Wildman–Crippen MR) is 119 cm³/mol. The van der Waals surface area contributed by atoms with Crippen molar-refractivity contribution < 1.29 is 9.53 Å². The molecule has 2 aromatic rings. The van der Waals surface area contributed by atoms with Crippen LogP contribution in [0.25, 0.3) is 0 Å². The van der Waals surface area contributed by atoms with E-state index in [2.05, 4.69) is 32.1 Å². The summed E-state index contributed by atoms with van der Waals surface area (Å²) in [7, 11) is 1.68. The van der Waals surface area contributed by atoms with E-state index in [4.69, 9.17) is 9.72 Å². The molecule has 0 unspecified atom stereocenters. The fraction of sp³-hybridized carbons (Fsp3) is 0.591. The molecule has 0 bridgehead atoms. The summed E-state index contributed by atoms with van der Waals surface area (Å²) < 4.78 is 9.87. The molecule has 1 amide bonds. The summed E-state index contributed by atoms with van der Waals surface area (Å²) in [4.78, 5) is 24.6. The van der Waals surface area contributed by atoms with Crippen molar-refractivity contribution >= 4 is 22.6 Å². The number of amides is 1. The van der Waals surface area contributed by atoms with Crippen LogP contribution in [0.15, 0.2) is 24.3 Å². The summed E-state index contributed by atoms with van der Waals surface area (Å²) >= 11 is 1.44. The number of piperidine rings is 1. The Morgan fingerprint density at radius 1 is 1.23 bits per heavy atom. The topological polar surface area (TPSA) is 61.8 Å². The van der Waals surface area contributed by atoms with Crippen molar-refractivity contribution in [2.24, 2.45) is 5.92 Å². The van der Waals surface area contributed by atoms with Crippen LogP contribution in [0.1, 0.15) is 31.2 Å². The average molecular weight is 430 g/mol.